The van der Waals surface area contributed by atoms with Crippen LogP contribution < -0.4 is 5.32 Å². The van der Waals surface area contributed by atoms with Gasteiger partial charge in [-0.25, -0.2) is 0 Å². The monoisotopic (exact) mass is 170 g/mol. The first kappa shape index (κ1) is 11.7. The van der Waals surface area contributed by atoms with Crippen LogP contribution in [0.3, 0.4) is 0 Å². The summed E-state index contributed by atoms with van der Waals surface area (Å²) >= 11 is 0. The molecule has 0 aromatic rings. The van der Waals surface area contributed by atoms with Gasteiger partial charge in [0, 0.05) is 12.6 Å². The van der Waals surface area contributed by atoms with Crippen molar-refractivity contribution in [2.24, 2.45) is 0 Å². The third-order valence-electron chi connectivity index (χ3n) is 1.78. The van der Waals surface area contributed by atoms with Crippen LogP contribution in [-0.2, 0) is 0 Å². The van der Waals surface area contributed by atoms with E-state index in [0.717, 1.165) is 13.1 Å². The SMILES string of the molecule is C=C(C)C(CN(C)C)NCCC. The van der Waals surface area contributed by atoms with Crippen LogP contribution in [0.1, 0.15) is 20.3 Å². The van der Waals surface area contributed by atoms with Gasteiger partial charge in [0.1, 0.15) is 0 Å². The van der Waals surface area contributed by atoms with Crippen molar-refractivity contribution in [2.45, 2.75) is 26.3 Å². The van der Waals surface area contributed by atoms with Gasteiger partial charge in [0.15, 0.2) is 0 Å². The van der Waals surface area contributed by atoms with Gasteiger partial charge in [-0.15, -0.1) is 0 Å². The third kappa shape index (κ3) is 5.33. The van der Waals surface area contributed by atoms with Crippen LogP contribution in [-0.4, -0.2) is 38.1 Å². The van der Waals surface area contributed by atoms with E-state index in [2.05, 4.69) is 44.7 Å². The van der Waals surface area contributed by atoms with Crippen LogP contribution in [0.25, 0.3) is 0 Å². The summed E-state index contributed by atoms with van der Waals surface area (Å²) in [5.41, 5.74) is 1.22. The normalized spacial score (nSPS) is 13.4. The van der Waals surface area contributed by atoms with E-state index >= 15 is 0 Å². The van der Waals surface area contributed by atoms with Crippen molar-refractivity contribution in [3.63, 3.8) is 0 Å². The predicted octanol–water partition coefficient (Wildman–Crippen LogP) is 1.49. The molecule has 2 heteroatoms. The van der Waals surface area contributed by atoms with Crippen LogP contribution in [0.5, 0.6) is 0 Å². The van der Waals surface area contributed by atoms with Crippen LogP contribution >= 0.6 is 0 Å². The van der Waals surface area contributed by atoms with Crippen LogP contribution in [0.2, 0.25) is 0 Å². The van der Waals surface area contributed by atoms with Crippen LogP contribution in [0.4, 0.5) is 0 Å². The summed E-state index contributed by atoms with van der Waals surface area (Å²) in [7, 11) is 4.17. The van der Waals surface area contributed by atoms with Crippen LogP contribution in [0, 0.1) is 0 Å². The van der Waals surface area contributed by atoms with Crippen molar-refractivity contribution in [3.05, 3.63) is 12.2 Å². The highest BCUT2D eigenvalue weighted by molar-refractivity contribution is 5.02. The molecule has 0 aliphatic rings. The maximum absolute atomic E-state index is 3.97. The Morgan fingerprint density at radius 2 is 2.08 bits per heavy atom. The Morgan fingerprint density at radius 3 is 2.42 bits per heavy atom. The molecular weight excluding hydrogens is 148 g/mol. The lowest BCUT2D eigenvalue weighted by Gasteiger charge is -2.22. The molecule has 0 saturated carbocycles. The second-order valence-corrected chi connectivity index (χ2v) is 3.62. The Hall–Kier alpha value is -0.340. The molecule has 0 rings (SSSR count). The van der Waals surface area contributed by atoms with Crippen LogP contribution in [0.15, 0.2) is 12.2 Å². The first-order chi connectivity index (χ1) is 5.57. The molecule has 12 heavy (non-hydrogen) atoms. The summed E-state index contributed by atoms with van der Waals surface area (Å²) < 4.78 is 0. The van der Waals surface area contributed by atoms with Crippen molar-refractivity contribution in [1.82, 2.24) is 10.2 Å². The fourth-order valence-corrected chi connectivity index (χ4v) is 1.08. The summed E-state index contributed by atoms with van der Waals surface area (Å²) in [6.45, 7) is 10.3. The molecule has 0 saturated heterocycles. The number of rotatable bonds is 6. The molecule has 1 N–H and O–H groups in total. The summed E-state index contributed by atoms with van der Waals surface area (Å²) in [6, 6.07) is 0.444. The summed E-state index contributed by atoms with van der Waals surface area (Å²) in [4.78, 5) is 2.18. The zero-order chi connectivity index (χ0) is 9.56. The van der Waals surface area contributed by atoms with Gasteiger partial charge in [-0.3, -0.25) is 0 Å². The van der Waals surface area contributed by atoms with E-state index < -0.39 is 0 Å². The number of hydrogen-bond acceptors (Lipinski definition) is 2. The largest absolute Gasteiger partial charge is 0.309 e. The molecule has 72 valence electrons. The van der Waals surface area contributed by atoms with E-state index in [1.807, 2.05) is 0 Å². The van der Waals surface area contributed by atoms with Crippen molar-refractivity contribution >= 4 is 0 Å². The minimum atomic E-state index is 0.444. The van der Waals surface area contributed by atoms with E-state index in [1.165, 1.54) is 12.0 Å². The standard InChI is InChI=1S/C10H22N2/c1-6-7-11-10(9(2)3)8-12(4)5/h10-11H,2,6-8H2,1,3-5H3. The summed E-state index contributed by atoms with van der Waals surface area (Å²) in [6.07, 6.45) is 1.18. The molecule has 2 nitrogen and oxygen atoms in total. The van der Waals surface area contributed by atoms with E-state index in [9.17, 15) is 0 Å². The van der Waals surface area contributed by atoms with Gasteiger partial charge < -0.3 is 10.2 Å². The Balaban J connectivity index is 3.78. The van der Waals surface area contributed by atoms with Gasteiger partial charge in [-0.05, 0) is 34.0 Å². The van der Waals surface area contributed by atoms with Gasteiger partial charge in [0.25, 0.3) is 0 Å². The maximum Gasteiger partial charge on any atom is 0.0402 e. The van der Waals surface area contributed by atoms with E-state index in [4.69, 9.17) is 0 Å². The van der Waals surface area contributed by atoms with Crippen molar-refractivity contribution < 1.29 is 0 Å². The first-order valence-electron chi connectivity index (χ1n) is 4.61. The van der Waals surface area contributed by atoms with E-state index in [0.29, 0.717) is 6.04 Å². The topological polar surface area (TPSA) is 15.3 Å². The molecule has 0 aliphatic heterocycles. The number of nitrogens with zero attached hydrogens (tertiary/aromatic N) is 1. The quantitative estimate of drug-likeness (QED) is 0.608. The zero-order valence-corrected chi connectivity index (χ0v) is 8.85. The molecule has 0 aliphatic carbocycles. The molecule has 0 aromatic carbocycles. The minimum Gasteiger partial charge on any atom is -0.309 e. The maximum atomic E-state index is 3.97. The number of nitrogens with one attached hydrogen (secondary N) is 1. The molecular formula is C10H22N2. The summed E-state index contributed by atoms with van der Waals surface area (Å²) in [5.74, 6) is 0. The fraction of sp³-hybridized carbons (Fsp3) is 0.800. The van der Waals surface area contributed by atoms with E-state index in [1.54, 1.807) is 0 Å². The molecule has 0 heterocycles. The van der Waals surface area contributed by atoms with Gasteiger partial charge >= 0.3 is 0 Å². The fourth-order valence-electron chi connectivity index (χ4n) is 1.08. The van der Waals surface area contributed by atoms with Crippen molar-refractivity contribution in [1.29, 1.82) is 0 Å². The molecule has 0 spiro atoms. The number of likely N-dealkylation sites (N-methyl/N-ethyl adjacent to an activating group) is 1. The van der Waals surface area contributed by atoms with Crippen molar-refractivity contribution in [3.8, 4) is 0 Å². The van der Waals surface area contributed by atoms with Gasteiger partial charge in [-0.1, -0.05) is 19.1 Å². The first-order valence-corrected chi connectivity index (χ1v) is 4.61. The van der Waals surface area contributed by atoms with Gasteiger partial charge in [0.05, 0.1) is 0 Å². The zero-order valence-electron chi connectivity index (χ0n) is 8.85. The van der Waals surface area contributed by atoms with Gasteiger partial charge in [-0.2, -0.15) is 0 Å². The summed E-state index contributed by atoms with van der Waals surface area (Å²) in [5, 5.41) is 3.46. The predicted molar refractivity (Wildman–Crippen MR) is 55.4 cm³/mol. The smallest absolute Gasteiger partial charge is 0.0402 e. The molecule has 0 aromatic heterocycles. The highest BCUT2D eigenvalue weighted by Crippen LogP contribution is 1.99. The molecule has 0 amide bonds. The minimum absolute atomic E-state index is 0.444. The highest BCUT2D eigenvalue weighted by Gasteiger charge is 2.08. The molecule has 0 fully saturated rings. The van der Waals surface area contributed by atoms with Crippen molar-refractivity contribution in [2.75, 3.05) is 27.2 Å². The second kappa shape index (κ2) is 6.21. The lowest BCUT2D eigenvalue weighted by atomic mass is 10.1. The Morgan fingerprint density at radius 1 is 1.50 bits per heavy atom. The lowest BCUT2D eigenvalue weighted by Crippen LogP contribution is -2.39. The number of hydrogen-bond donors (Lipinski definition) is 1. The average Bonchev–Trinajstić information content (AvgIpc) is 1.96. The molecule has 1 atom stereocenters. The Kier molecular flexibility index (Phi) is 6.03. The highest BCUT2D eigenvalue weighted by atomic mass is 15.1. The Bertz CT molecular complexity index is 130. The van der Waals surface area contributed by atoms with E-state index in [-0.39, 0.29) is 0 Å². The molecule has 0 bridgehead atoms. The molecule has 1 unspecified atom stereocenters. The molecule has 0 radical (unpaired) electrons. The van der Waals surface area contributed by atoms with Gasteiger partial charge in [0.2, 0.25) is 0 Å². The lowest BCUT2D eigenvalue weighted by molar-refractivity contribution is 0.359. The average molecular weight is 170 g/mol. The second-order valence-electron chi connectivity index (χ2n) is 3.62. The third-order valence-corrected chi connectivity index (χ3v) is 1.78. The Labute approximate surface area is 76.6 Å².